The van der Waals surface area contributed by atoms with Gasteiger partial charge in [0.1, 0.15) is 0 Å². The number of nitrogens with two attached hydrogens (primary N) is 1. The molecule has 0 atom stereocenters. The number of hydrogen-bond donors (Lipinski definition) is 3. The van der Waals surface area contributed by atoms with Gasteiger partial charge >= 0.3 is 0 Å². The Balaban J connectivity index is 0.00000200. The van der Waals surface area contributed by atoms with E-state index in [1.165, 1.54) is 6.07 Å². The van der Waals surface area contributed by atoms with Gasteiger partial charge in [0.2, 0.25) is 11.8 Å². The van der Waals surface area contributed by atoms with Crippen molar-refractivity contribution >= 4 is 41.5 Å². The van der Waals surface area contributed by atoms with Crippen molar-refractivity contribution in [2.45, 2.75) is 12.8 Å². The van der Waals surface area contributed by atoms with Gasteiger partial charge in [-0.15, -0.1) is 12.4 Å². The number of piperidine rings is 1. The molecule has 7 heteroatoms. The van der Waals surface area contributed by atoms with E-state index in [1.807, 2.05) is 0 Å². The second-order valence-corrected chi connectivity index (χ2v) is 4.98. The molecule has 1 aliphatic rings. The van der Waals surface area contributed by atoms with Crippen LogP contribution < -0.4 is 16.4 Å². The molecule has 4 N–H and O–H groups in total. The normalized spacial score (nSPS) is 15.2. The molecule has 0 saturated carbocycles. The molecule has 0 aliphatic carbocycles. The summed E-state index contributed by atoms with van der Waals surface area (Å²) in [5.41, 5.74) is 6.00. The topological polar surface area (TPSA) is 84.2 Å². The lowest BCUT2D eigenvalue weighted by atomic mass is 9.97. The Kier molecular flexibility index (Phi) is 6.26. The number of hydrogen-bond acceptors (Lipinski definition) is 3. The number of anilines is 1. The number of carbonyl (C=O) groups excluding carboxylic acids is 2. The quantitative estimate of drug-likeness (QED) is 0.794. The van der Waals surface area contributed by atoms with E-state index in [9.17, 15) is 9.59 Å². The average molecular weight is 318 g/mol. The number of halogens is 2. The maximum absolute atomic E-state index is 12.0. The lowest BCUT2D eigenvalue weighted by molar-refractivity contribution is -0.120. The number of amides is 2. The Morgan fingerprint density at radius 3 is 2.50 bits per heavy atom. The fourth-order valence-corrected chi connectivity index (χ4v) is 2.39. The Bertz CT molecular complexity index is 502. The zero-order chi connectivity index (χ0) is 13.8. The first-order valence-electron chi connectivity index (χ1n) is 6.19. The summed E-state index contributed by atoms with van der Waals surface area (Å²) in [5, 5.41) is 6.27. The minimum absolute atomic E-state index is 0. The molecule has 2 rings (SSSR count). The van der Waals surface area contributed by atoms with Crippen LogP contribution in [0.5, 0.6) is 0 Å². The first-order valence-corrected chi connectivity index (χ1v) is 6.56. The van der Waals surface area contributed by atoms with Crippen LogP contribution in [0.4, 0.5) is 5.69 Å². The zero-order valence-corrected chi connectivity index (χ0v) is 12.4. The molecule has 0 unspecified atom stereocenters. The Hall–Kier alpha value is -1.30. The van der Waals surface area contributed by atoms with E-state index >= 15 is 0 Å². The summed E-state index contributed by atoms with van der Waals surface area (Å²) in [6.45, 7) is 1.72. The van der Waals surface area contributed by atoms with Crippen molar-refractivity contribution in [1.82, 2.24) is 5.32 Å². The van der Waals surface area contributed by atoms with E-state index < -0.39 is 5.91 Å². The molecule has 0 aromatic heterocycles. The molecule has 110 valence electrons. The highest BCUT2D eigenvalue weighted by Gasteiger charge is 2.21. The number of primary amides is 1. The van der Waals surface area contributed by atoms with Crippen molar-refractivity contribution < 1.29 is 9.59 Å². The standard InChI is InChI=1S/C13H16ClN3O2.ClH/c14-11-7-9(1-2-10(11)12(15)18)17-13(19)8-3-5-16-6-4-8;/h1-2,7-8,16H,3-6H2,(H2,15,18)(H,17,19);1H. The first kappa shape index (κ1) is 16.8. The van der Waals surface area contributed by atoms with E-state index in [0.717, 1.165) is 25.9 Å². The lowest BCUT2D eigenvalue weighted by Gasteiger charge is -2.21. The molecule has 2 amide bonds. The van der Waals surface area contributed by atoms with Gasteiger partial charge in [0.15, 0.2) is 0 Å². The van der Waals surface area contributed by atoms with Crippen molar-refractivity contribution in [3.63, 3.8) is 0 Å². The summed E-state index contributed by atoms with van der Waals surface area (Å²) in [6, 6.07) is 4.69. The van der Waals surface area contributed by atoms with Crippen LogP contribution in [0.15, 0.2) is 18.2 Å². The molecule has 0 radical (unpaired) electrons. The Labute approximate surface area is 128 Å². The van der Waals surface area contributed by atoms with Crippen LogP contribution >= 0.6 is 24.0 Å². The number of carbonyl (C=O) groups is 2. The van der Waals surface area contributed by atoms with Gasteiger partial charge in [-0.25, -0.2) is 0 Å². The zero-order valence-electron chi connectivity index (χ0n) is 10.8. The maximum atomic E-state index is 12.0. The summed E-state index contributed by atoms with van der Waals surface area (Å²) in [5.74, 6) is -0.568. The van der Waals surface area contributed by atoms with Crippen molar-refractivity contribution in [2.24, 2.45) is 11.7 Å². The second kappa shape index (κ2) is 7.47. The van der Waals surface area contributed by atoms with Crippen molar-refractivity contribution in [3.05, 3.63) is 28.8 Å². The van der Waals surface area contributed by atoms with Crippen LogP contribution in [0.25, 0.3) is 0 Å². The highest BCUT2D eigenvalue weighted by atomic mass is 35.5. The van der Waals surface area contributed by atoms with Gasteiger partial charge in [0, 0.05) is 11.6 Å². The summed E-state index contributed by atoms with van der Waals surface area (Å²) in [4.78, 5) is 23.1. The van der Waals surface area contributed by atoms with E-state index in [4.69, 9.17) is 17.3 Å². The van der Waals surface area contributed by atoms with Crippen LogP contribution in [0, 0.1) is 5.92 Å². The van der Waals surface area contributed by atoms with Crippen molar-refractivity contribution in [3.8, 4) is 0 Å². The molecule has 1 fully saturated rings. The molecule has 0 bridgehead atoms. The highest BCUT2D eigenvalue weighted by molar-refractivity contribution is 6.34. The van der Waals surface area contributed by atoms with E-state index in [2.05, 4.69) is 10.6 Å². The van der Waals surface area contributed by atoms with Gasteiger partial charge in [-0.1, -0.05) is 11.6 Å². The highest BCUT2D eigenvalue weighted by Crippen LogP contribution is 2.22. The van der Waals surface area contributed by atoms with E-state index in [1.54, 1.807) is 12.1 Å². The van der Waals surface area contributed by atoms with Crippen LogP contribution in [-0.4, -0.2) is 24.9 Å². The summed E-state index contributed by atoms with van der Waals surface area (Å²) >= 11 is 5.93. The number of benzene rings is 1. The average Bonchev–Trinajstić information content (AvgIpc) is 2.39. The Morgan fingerprint density at radius 1 is 1.30 bits per heavy atom. The van der Waals surface area contributed by atoms with E-state index in [-0.39, 0.29) is 34.8 Å². The first-order chi connectivity index (χ1) is 9.08. The number of nitrogens with one attached hydrogen (secondary N) is 2. The smallest absolute Gasteiger partial charge is 0.250 e. The monoisotopic (exact) mass is 317 g/mol. The van der Waals surface area contributed by atoms with Crippen LogP contribution in [-0.2, 0) is 4.79 Å². The summed E-state index contributed by atoms with van der Waals surface area (Å²) < 4.78 is 0. The predicted octanol–water partition coefficient (Wildman–Crippen LogP) is 1.80. The molecule has 1 heterocycles. The minimum Gasteiger partial charge on any atom is -0.366 e. The SMILES string of the molecule is Cl.NC(=O)c1ccc(NC(=O)C2CCNCC2)cc1Cl. The molecular formula is C13H17Cl2N3O2. The van der Waals surface area contributed by atoms with E-state index in [0.29, 0.717) is 5.69 Å². The second-order valence-electron chi connectivity index (χ2n) is 4.57. The lowest BCUT2D eigenvalue weighted by Crippen LogP contribution is -2.34. The molecule has 1 aromatic rings. The van der Waals surface area contributed by atoms with Gasteiger partial charge in [-0.2, -0.15) is 0 Å². The molecule has 1 aromatic carbocycles. The van der Waals surface area contributed by atoms with Gasteiger partial charge in [0.25, 0.3) is 0 Å². The molecular weight excluding hydrogens is 301 g/mol. The minimum atomic E-state index is -0.582. The van der Waals surface area contributed by atoms with Gasteiger partial charge in [-0.05, 0) is 44.1 Å². The summed E-state index contributed by atoms with van der Waals surface area (Å²) in [6.07, 6.45) is 1.66. The number of rotatable bonds is 3. The third kappa shape index (κ3) is 4.10. The molecule has 20 heavy (non-hydrogen) atoms. The molecule has 0 spiro atoms. The maximum Gasteiger partial charge on any atom is 0.250 e. The van der Waals surface area contributed by atoms with Crippen LogP contribution in [0.2, 0.25) is 5.02 Å². The third-order valence-corrected chi connectivity index (χ3v) is 3.52. The third-order valence-electron chi connectivity index (χ3n) is 3.21. The van der Waals surface area contributed by atoms with Crippen molar-refractivity contribution in [1.29, 1.82) is 0 Å². The molecule has 1 aliphatic heterocycles. The van der Waals surface area contributed by atoms with Crippen LogP contribution in [0.3, 0.4) is 0 Å². The van der Waals surface area contributed by atoms with Gasteiger partial charge < -0.3 is 16.4 Å². The Morgan fingerprint density at radius 2 is 1.95 bits per heavy atom. The fourth-order valence-electron chi connectivity index (χ4n) is 2.12. The van der Waals surface area contributed by atoms with Crippen molar-refractivity contribution in [2.75, 3.05) is 18.4 Å². The fraction of sp³-hybridized carbons (Fsp3) is 0.385. The van der Waals surface area contributed by atoms with Gasteiger partial charge in [0.05, 0.1) is 10.6 Å². The molecule has 5 nitrogen and oxygen atoms in total. The summed E-state index contributed by atoms with van der Waals surface area (Å²) in [7, 11) is 0. The van der Waals surface area contributed by atoms with Gasteiger partial charge in [-0.3, -0.25) is 9.59 Å². The predicted molar refractivity (Wildman–Crippen MR) is 81.4 cm³/mol. The largest absolute Gasteiger partial charge is 0.366 e. The molecule has 1 saturated heterocycles. The van der Waals surface area contributed by atoms with Crippen LogP contribution in [0.1, 0.15) is 23.2 Å².